The molecule has 3 aromatic rings. The largest absolute Gasteiger partial charge is 0.368 e. The van der Waals surface area contributed by atoms with E-state index in [1.54, 1.807) is 18.3 Å². The molecule has 0 bridgehead atoms. The fraction of sp³-hybridized carbons (Fsp3) is 0.346. The summed E-state index contributed by atoms with van der Waals surface area (Å²) in [7, 11) is -3.91. The number of anilines is 2. The maximum Gasteiger partial charge on any atom is 0.317 e. The first kappa shape index (κ1) is 26.0. The zero-order chi connectivity index (χ0) is 26.4. The third kappa shape index (κ3) is 6.21. The van der Waals surface area contributed by atoms with Crippen molar-refractivity contribution in [3.8, 4) is 6.07 Å². The Kier molecular flexibility index (Phi) is 7.98. The Morgan fingerprint density at radius 1 is 1.11 bits per heavy atom. The normalized spacial score (nSPS) is 13.9. The van der Waals surface area contributed by atoms with E-state index in [0.29, 0.717) is 55.6 Å². The van der Waals surface area contributed by atoms with Crippen LogP contribution >= 0.6 is 0 Å². The van der Waals surface area contributed by atoms with Crippen LogP contribution in [0.2, 0.25) is 0 Å². The molecule has 2 amide bonds. The molecule has 0 unspecified atom stereocenters. The molecule has 1 fully saturated rings. The van der Waals surface area contributed by atoms with E-state index in [-0.39, 0.29) is 17.5 Å². The smallest absolute Gasteiger partial charge is 0.317 e. The van der Waals surface area contributed by atoms with E-state index in [4.69, 9.17) is 5.26 Å². The predicted molar refractivity (Wildman–Crippen MR) is 142 cm³/mol. The van der Waals surface area contributed by atoms with E-state index < -0.39 is 10.0 Å². The van der Waals surface area contributed by atoms with Gasteiger partial charge in [-0.15, -0.1) is 0 Å². The number of rotatable bonds is 8. The molecule has 37 heavy (non-hydrogen) atoms. The minimum absolute atomic E-state index is 0.0360. The third-order valence-corrected chi connectivity index (χ3v) is 7.96. The summed E-state index contributed by atoms with van der Waals surface area (Å²) in [6, 6.07) is 15.2. The number of piperazine rings is 1. The number of amides is 2. The summed E-state index contributed by atoms with van der Waals surface area (Å²) >= 11 is 0. The lowest BCUT2D eigenvalue weighted by atomic mass is 10.2. The predicted octanol–water partition coefficient (Wildman–Crippen LogP) is 3.16. The highest BCUT2D eigenvalue weighted by Gasteiger charge is 2.27. The number of H-pyrrole nitrogens is 1. The van der Waals surface area contributed by atoms with Crippen LogP contribution in [0.25, 0.3) is 0 Å². The molecule has 10 nitrogen and oxygen atoms in total. The van der Waals surface area contributed by atoms with Gasteiger partial charge >= 0.3 is 6.03 Å². The van der Waals surface area contributed by atoms with Gasteiger partial charge in [-0.05, 0) is 54.4 Å². The Morgan fingerprint density at radius 2 is 1.78 bits per heavy atom. The summed E-state index contributed by atoms with van der Waals surface area (Å²) in [5.74, 6) is 0.400. The summed E-state index contributed by atoms with van der Waals surface area (Å²) in [6.45, 7) is 7.47. The van der Waals surface area contributed by atoms with Crippen LogP contribution in [0.1, 0.15) is 25.1 Å². The molecule has 1 saturated heterocycles. The van der Waals surface area contributed by atoms with Crippen LogP contribution in [-0.4, -0.2) is 62.0 Å². The average Bonchev–Trinajstić information content (AvgIpc) is 3.44. The fourth-order valence-electron chi connectivity index (χ4n) is 4.07. The third-order valence-electron chi connectivity index (χ3n) is 6.17. The second-order valence-corrected chi connectivity index (χ2v) is 11.2. The zero-order valence-corrected chi connectivity index (χ0v) is 21.8. The molecule has 1 aliphatic heterocycles. The maximum atomic E-state index is 13.6. The molecule has 194 valence electrons. The molecule has 2 N–H and O–H groups in total. The molecule has 0 aliphatic carbocycles. The van der Waals surface area contributed by atoms with Gasteiger partial charge in [0.1, 0.15) is 0 Å². The summed E-state index contributed by atoms with van der Waals surface area (Å²) in [5, 5.41) is 12.0. The van der Waals surface area contributed by atoms with Gasteiger partial charge in [-0.1, -0.05) is 13.8 Å². The number of urea groups is 1. The summed E-state index contributed by atoms with van der Waals surface area (Å²) in [4.78, 5) is 23.4. The van der Waals surface area contributed by atoms with Crippen molar-refractivity contribution in [2.45, 2.75) is 25.3 Å². The first-order chi connectivity index (χ1) is 17.8. The van der Waals surface area contributed by atoms with Gasteiger partial charge in [0.25, 0.3) is 10.0 Å². The number of nitrogens with zero attached hydrogens (tertiary/aromatic N) is 5. The lowest BCUT2D eigenvalue weighted by Gasteiger charge is -2.36. The number of benzene rings is 2. The number of carbonyl (C=O) groups is 1. The lowest BCUT2D eigenvalue weighted by molar-refractivity contribution is 0.193. The molecular formula is C26H31N7O3S. The molecule has 1 aliphatic rings. The Hall–Kier alpha value is -4.04. The van der Waals surface area contributed by atoms with E-state index in [9.17, 15) is 13.2 Å². The second kappa shape index (κ2) is 11.3. The highest BCUT2D eigenvalue weighted by molar-refractivity contribution is 7.92. The van der Waals surface area contributed by atoms with Crippen molar-refractivity contribution in [3.05, 3.63) is 72.3 Å². The molecular weight excluding hydrogens is 490 g/mol. The quantitative estimate of drug-likeness (QED) is 0.469. The van der Waals surface area contributed by atoms with E-state index in [1.165, 1.54) is 34.9 Å². The monoisotopic (exact) mass is 521 g/mol. The van der Waals surface area contributed by atoms with Crippen LogP contribution in [0.15, 0.2) is 66.0 Å². The molecule has 0 spiro atoms. The minimum Gasteiger partial charge on any atom is -0.368 e. The van der Waals surface area contributed by atoms with Gasteiger partial charge in [0.2, 0.25) is 0 Å². The summed E-state index contributed by atoms with van der Waals surface area (Å²) < 4.78 is 28.5. The lowest BCUT2D eigenvalue weighted by Crippen LogP contribution is -2.52. The number of imidazole rings is 1. The van der Waals surface area contributed by atoms with Crippen LogP contribution in [0.3, 0.4) is 0 Å². The van der Waals surface area contributed by atoms with E-state index in [1.807, 2.05) is 23.1 Å². The number of hydrogen-bond acceptors (Lipinski definition) is 6. The van der Waals surface area contributed by atoms with Gasteiger partial charge in [-0.25, -0.2) is 18.2 Å². The van der Waals surface area contributed by atoms with Gasteiger partial charge in [0, 0.05) is 44.6 Å². The Bertz CT molecular complexity index is 1320. The highest BCUT2D eigenvalue weighted by Crippen LogP contribution is 2.28. The second-order valence-electron chi connectivity index (χ2n) is 9.30. The van der Waals surface area contributed by atoms with Crippen molar-refractivity contribution in [1.29, 1.82) is 5.26 Å². The maximum absolute atomic E-state index is 13.6. The van der Waals surface area contributed by atoms with Gasteiger partial charge in [-0.2, -0.15) is 5.26 Å². The zero-order valence-electron chi connectivity index (χ0n) is 21.0. The Morgan fingerprint density at radius 3 is 2.35 bits per heavy atom. The Labute approximate surface area is 217 Å². The van der Waals surface area contributed by atoms with E-state index >= 15 is 0 Å². The van der Waals surface area contributed by atoms with Crippen molar-refractivity contribution in [2.75, 3.05) is 41.9 Å². The first-order valence-electron chi connectivity index (χ1n) is 12.2. The number of nitrogens with one attached hydrogen (secondary N) is 2. The van der Waals surface area contributed by atoms with Crippen LogP contribution in [0, 0.1) is 17.2 Å². The number of hydrogen-bond donors (Lipinski definition) is 2. The number of sulfonamides is 1. The number of aromatic amines is 1. The van der Waals surface area contributed by atoms with Crippen LogP contribution < -0.4 is 14.5 Å². The summed E-state index contributed by atoms with van der Waals surface area (Å²) in [6.07, 6.45) is 3.10. The van der Waals surface area contributed by atoms with Gasteiger partial charge in [0.05, 0.1) is 40.8 Å². The molecule has 0 atom stereocenters. The van der Waals surface area contributed by atoms with Crippen LogP contribution in [-0.2, 0) is 16.6 Å². The van der Waals surface area contributed by atoms with Gasteiger partial charge in [0.15, 0.2) is 0 Å². The van der Waals surface area contributed by atoms with E-state index in [2.05, 4.69) is 34.0 Å². The van der Waals surface area contributed by atoms with Crippen molar-refractivity contribution >= 4 is 27.4 Å². The van der Waals surface area contributed by atoms with E-state index in [0.717, 1.165) is 5.69 Å². The topological polar surface area (TPSA) is 125 Å². The molecule has 11 heteroatoms. The van der Waals surface area contributed by atoms with Crippen molar-refractivity contribution in [3.63, 3.8) is 0 Å². The van der Waals surface area contributed by atoms with Crippen molar-refractivity contribution in [1.82, 2.24) is 20.2 Å². The number of nitriles is 1. The van der Waals surface area contributed by atoms with Crippen molar-refractivity contribution < 1.29 is 13.2 Å². The molecule has 2 heterocycles. The molecule has 1 aromatic heterocycles. The van der Waals surface area contributed by atoms with Crippen molar-refractivity contribution in [2.24, 2.45) is 5.92 Å². The fourth-order valence-corrected chi connectivity index (χ4v) is 5.51. The minimum atomic E-state index is -3.91. The van der Waals surface area contributed by atoms with Gasteiger partial charge < -0.3 is 20.1 Å². The number of carbonyl (C=O) groups excluding carboxylic acids is 1. The molecule has 0 radical (unpaired) electrons. The Balaban J connectivity index is 1.50. The van der Waals surface area contributed by atoms with Crippen LogP contribution in [0.4, 0.5) is 16.2 Å². The summed E-state index contributed by atoms with van der Waals surface area (Å²) in [5.41, 5.74) is 2.51. The SMILES string of the molecule is CC(C)CNC(=O)N1CCN(c2ccc(N(Cc3cnc[nH]3)S(=O)(=O)c3ccc(C#N)cc3)cc2)CC1. The standard InChI is InChI=1S/C26H31N7O3S/c1-20(2)16-29-26(34)32-13-11-31(12-14-32)23-5-7-24(8-6-23)33(18-22-17-28-19-30-22)37(35,36)25-9-3-21(15-27)4-10-25/h3-10,17,19-20H,11-14,16,18H2,1-2H3,(H,28,30)(H,29,34). The average molecular weight is 522 g/mol. The number of aromatic nitrogens is 2. The molecule has 4 rings (SSSR count). The van der Waals surface area contributed by atoms with Crippen LogP contribution in [0.5, 0.6) is 0 Å². The van der Waals surface area contributed by atoms with Gasteiger partial charge in [-0.3, -0.25) is 4.31 Å². The molecule has 0 saturated carbocycles. The first-order valence-corrected chi connectivity index (χ1v) is 13.6. The highest BCUT2D eigenvalue weighted by atomic mass is 32.2. The molecule has 2 aromatic carbocycles.